The molecule has 0 aliphatic heterocycles. The zero-order valence-electron chi connectivity index (χ0n) is 10.5. The van der Waals surface area contributed by atoms with Crippen LogP contribution in [0.4, 0.5) is 5.69 Å². The standard InChI is InChI=1S/C11H21N3O2/c1-8(2)5-6-14-11(15)10(12)9(7-16-4)13(14)3/h8H,5-7,12H2,1-4H3. The molecule has 0 bridgehead atoms. The van der Waals surface area contributed by atoms with Crippen LogP contribution in [0.2, 0.25) is 0 Å². The highest BCUT2D eigenvalue weighted by Crippen LogP contribution is 2.09. The fourth-order valence-electron chi connectivity index (χ4n) is 1.66. The summed E-state index contributed by atoms with van der Waals surface area (Å²) in [5, 5.41) is 0. The zero-order chi connectivity index (χ0) is 12.3. The maximum atomic E-state index is 11.9. The first-order valence-electron chi connectivity index (χ1n) is 5.52. The number of hydrogen-bond acceptors (Lipinski definition) is 3. The van der Waals surface area contributed by atoms with Crippen LogP contribution >= 0.6 is 0 Å². The molecule has 5 heteroatoms. The molecule has 92 valence electrons. The van der Waals surface area contributed by atoms with Crippen LogP contribution in [0.25, 0.3) is 0 Å². The van der Waals surface area contributed by atoms with Crippen LogP contribution in [-0.4, -0.2) is 16.5 Å². The van der Waals surface area contributed by atoms with Crippen molar-refractivity contribution in [3.05, 3.63) is 16.0 Å². The summed E-state index contributed by atoms with van der Waals surface area (Å²) in [6.45, 7) is 5.33. The van der Waals surface area contributed by atoms with Gasteiger partial charge in [0.05, 0.1) is 12.3 Å². The SMILES string of the molecule is COCc1c(N)c(=O)n(CCC(C)C)n1C. The van der Waals surface area contributed by atoms with Gasteiger partial charge in [-0.1, -0.05) is 13.8 Å². The fraction of sp³-hybridized carbons (Fsp3) is 0.727. The average molecular weight is 227 g/mol. The van der Waals surface area contributed by atoms with Gasteiger partial charge in [-0.25, -0.2) is 4.68 Å². The Morgan fingerprint density at radius 1 is 1.44 bits per heavy atom. The molecule has 0 aliphatic rings. The van der Waals surface area contributed by atoms with Crippen LogP contribution in [0, 0.1) is 5.92 Å². The van der Waals surface area contributed by atoms with Crippen molar-refractivity contribution in [3.8, 4) is 0 Å². The lowest BCUT2D eigenvalue weighted by atomic mass is 10.1. The summed E-state index contributed by atoms with van der Waals surface area (Å²) < 4.78 is 8.50. The number of nitrogens with two attached hydrogens (primary N) is 1. The number of ether oxygens (including phenoxy) is 1. The molecule has 0 saturated heterocycles. The third-order valence-electron chi connectivity index (χ3n) is 2.73. The van der Waals surface area contributed by atoms with E-state index in [1.54, 1.807) is 16.5 Å². The summed E-state index contributed by atoms with van der Waals surface area (Å²) in [4.78, 5) is 11.9. The van der Waals surface area contributed by atoms with Crippen molar-refractivity contribution in [1.82, 2.24) is 9.36 Å². The highest BCUT2D eigenvalue weighted by atomic mass is 16.5. The van der Waals surface area contributed by atoms with Gasteiger partial charge in [-0.15, -0.1) is 0 Å². The molecule has 0 amide bonds. The molecular weight excluding hydrogens is 206 g/mol. The Morgan fingerprint density at radius 2 is 2.06 bits per heavy atom. The first-order chi connectivity index (χ1) is 7.49. The number of nitrogens with zero attached hydrogens (tertiary/aromatic N) is 2. The highest BCUT2D eigenvalue weighted by Gasteiger charge is 2.14. The van der Waals surface area contributed by atoms with Crippen molar-refractivity contribution in [2.45, 2.75) is 33.4 Å². The van der Waals surface area contributed by atoms with Crippen LogP contribution < -0.4 is 11.3 Å². The lowest BCUT2D eigenvalue weighted by Crippen LogP contribution is -2.23. The molecule has 1 rings (SSSR count). The topological polar surface area (TPSA) is 62.2 Å². The van der Waals surface area contributed by atoms with E-state index in [9.17, 15) is 4.79 Å². The van der Waals surface area contributed by atoms with E-state index in [0.717, 1.165) is 12.1 Å². The molecule has 0 unspecified atom stereocenters. The van der Waals surface area contributed by atoms with E-state index in [0.29, 0.717) is 24.8 Å². The monoisotopic (exact) mass is 227 g/mol. The molecular formula is C11H21N3O2. The minimum Gasteiger partial charge on any atom is -0.393 e. The maximum absolute atomic E-state index is 11.9. The van der Waals surface area contributed by atoms with Gasteiger partial charge in [0.25, 0.3) is 5.56 Å². The molecule has 0 spiro atoms. The van der Waals surface area contributed by atoms with Gasteiger partial charge in [-0.05, 0) is 12.3 Å². The largest absolute Gasteiger partial charge is 0.393 e. The lowest BCUT2D eigenvalue weighted by molar-refractivity contribution is 0.176. The molecule has 2 N–H and O–H groups in total. The summed E-state index contributed by atoms with van der Waals surface area (Å²) in [6.07, 6.45) is 0.962. The summed E-state index contributed by atoms with van der Waals surface area (Å²) in [5.41, 5.74) is 6.69. The van der Waals surface area contributed by atoms with Gasteiger partial charge in [0.1, 0.15) is 5.69 Å². The van der Waals surface area contributed by atoms with E-state index < -0.39 is 0 Å². The normalized spacial score (nSPS) is 11.3. The Bertz CT molecular complexity index is 404. The van der Waals surface area contributed by atoms with Crippen LogP contribution in [0.3, 0.4) is 0 Å². The van der Waals surface area contributed by atoms with Gasteiger partial charge in [-0.3, -0.25) is 9.48 Å². The van der Waals surface area contributed by atoms with Crippen molar-refractivity contribution in [2.24, 2.45) is 13.0 Å². The number of hydrogen-bond donors (Lipinski definition) is 1. The van der Waals surface area contributed by atoms with Crippen molar-refractivity contribution < 1.29 is 4.74 Å². The molecule has 0 aliphatic carbocycles. The first-order valence-corrected chi connectivity index (χ1v) is 5.52. The number of aromatic nitrogens is 2. The second kappa shape index (κ2) is 5.21. The van der Waals surface area contributed by atoms with E-state index in [-0.39, 0.29) is 5.56 Å². The van der Waals surface area contributed by atoms with E-state index in [2.05, 4.69) is 13.8 Å². The Labute approximate surface area is 95.8 Å². The molecule has 0 saturated carbocycles. The number of nitrogen functional groups attached to an aromatic ring is 1. The van der Waals surface area contributed by atoms with Crippen molar-refractivity contribution >= 4 is 5.69 Å². The minimum atomic E-state index is -0.116. The van der Waals surface area contributed by atoms with Crippen LogP contribution in [-0.2, 0) is 24.9 Å². The lowest BCUT2D eigenvalue weighted by Gasteiger charge is -2.10. The van der Waals surface area contributed by atoms with E-state index in [1.165, 1.54) is 0 Å². The first kappa shape index (κ1) is 12.8. The van der Waals surface area contributed by atoms with Crippen LogP contribution in [0.1, 0.15) is 26.0 Å². The summed E-state index contributed by atoms with van der Waals surface area (Å²) >= 11 is 0. The summed E-state index contributed by atoms with van der Waals surface area (Å²) in [5.74, 6) is 0.564. The minimum absolute atomic E-state index is 0.116. The molecule has 0 atom stereocenters. The Balaban J connectivity index is 3.01. The highest BCUT2D eigenvalue weighted by molar-refractivity contribution is 5.41. The third-order valence-corrected chi connectivity index (χ3v) is 2.73. The van der Waals surface area contributed by atoms with Gasteiger partial charge in [0.15, 0.2) is 0 Å². The van der Waals surface area contributed by atoms with E-state index >= 15 is 0 Å². The summed E-state index contributed by atoms with van der Waals surface area (Å²) in [7, 11) is 3.43. The van der Waals surface area contributed by atoms with Gasteiger partial charge in [-0.2, -0.15) is 0 Å². The quantitative estimate of drug-likeness (QED) is 0.815. The molecule has 0 fully saturated rings. The third kappa shape index (κ3) is 2.47. The van der Waals surface area contributed by atoms with Crippen molar-refractivity contribution in [1.29, 1.82) is 0 Å². The molecule has 1 aromatic heterocycles. The fourth-order valence-corrected chi connectivity index (χ4v) is 1.66. The number of methoxy groups -OCH3 is 1. The summed E-state index contributed by atoms with van der Waals surface area (Å²) in [6, 6.07) is 0. The predicted octanol–water partition coefficient (Wildman–Crippen LogP) is 0.961. The smallest absolute Gasteiger partial charge is 0.290 e. The number of anilines is 1. The predicted molar refractivity (Wildman–Crippen MR) is 64.3 cm³/mol. The van der Waals surface area contributed by atoms with E-state index in [4.69, 9.17) is 10.5 Å². The maximum Gasteiger partial charge on any atom is 0.290 e. The average Bonchev–Trinajstić information content (AvgIpc) is 2.41. The van der Waals surface area contributed by atoms with Gasteiger partial charge < -0.3 is 10.5 Å². The zero-order valence-corrected chi connectivity index (χ0v) is 10.5. The molecule has 5 nitrogen and oxygen atoms in total. The Kier molecular flexibility index (Phi) is 4.18. The van der Waals surface area contributed by atoms with Crippen LogP contribution in [0.15, 0.2) is 4.79 Å². The van der Waals surface area contributed by atoms with Gasteiger partial charge in [0, 0.05) is 20.7 Å². The Hall–Kier alpha value is -1.23. The molecule has 0 radical (unpaired) electrons. The number of rotatable bonds is 5. The Morgan fingerprint density at radius 3 is 2.56 bits per heavy atom. The van der Waals surface area contributed by atoms with Crippen LogP contribution in [0.5, 0.6) is 0 Å². The van der Waals surface area contributed by atoms with Crippen molar-refractivity contribution in [3.63, 3.8) is 0 Å². The van der Waals surface area contributed by atoms with E-state index in [1.807, 2.05) is 7.05 Å². The second-order valence-electron chi connectivity index (χ2n) is 4.43. The second-order valence-corrected chi connectivity index (χ2v) is 4.43. The molecule has 1 heterocycles. The molecule has 0 aromatic carbocycles. The molecule has 1 aromatic rings. The van der Waals surface area contributed by atoms with Gasteiger partial charge in [0.2, 0.25) is 0 Å². The van der Waals surface area contributed by atoms with Crippen molar-refractivity contribution in [2.75, 3.05) is 12.8 Å². The molecule has 16 heavy (non-hydrogen) atoms. The van der Waals surface area contributed by atoms with Gasteiger partial charge >= 0.3 is 0 Å².